The van der Waals surface area contributed by atoms with Gasteiger partial charge in [-0.05, 0) is 6.54 Å². The lowest BCUT2D eigenvalue weighted by atomic mass is 10.1. The summed E-state index contributed by atoms with van der Waals surface area (Å²) in [7, 11) is 3.49. The van der Waals surface area contributed by atoms with Gasteiger partial charge >= 0.3 is 0 Å². The second kappa shape index (κ2) is 5.59. The van der Waals surface area contributed by atoms with Gasteiger partial charge in [0.25, 0.3) is 0 Å². The molecule has 96 valence electrons. The number of ether oxygens (including phenoxy) is 1. The highest BCUT2D eigenvalue weighted by Crippen LogP contribution is 2.21. The average molecular weight is 247 g/mol. The van der Waals surface area contributed by atoms with Gasteiger partial charge in [-0.1, -0.05) is 6.92 Å². The maximum Gasteiger partial charge on any atom is 0.216 e. The minimum Gasteiger partial charge on any atom is -0.481 e. The molecule has 0 aliphatic rings. The minimum absolute atomic E-state index is 0.000556. The van der Waals surface area contributed by atoms with Gasteiger partial charge in [0.1, 0.15) is 6.33 Å². The van der Waals surface area contributed by atoms with Crippen LogP contribution in [0.3, 0.4) is 0 Å². The van der Waals surface area contributed by atoms with Gasteiger partial charge in [-0.25, -0.2) is 9.97 Å². The zero-order chi connectivity index (χ0) is 13.0. The van der Waals surface area contributed by atoms with E-state index in [9.17, 15) is 0 Å². The summed E-state index contributed by atoms with van der Waals surface area (Å²) < 4.78 is 6.90. The van der Waals surface area contributed by atoms with E-state index in [2.05, 4.69) is 27.3 Å². The lowest BCUT2D eigenvalue weighted by Gasteiger charge is -2.15. The Bertz CT molecular complexity index is 511. The van der Waals surface area contributed by atoms with Crippen LogP contribution in [0.15, 0.2) is 24.8 Å². The van der Waals surface area contributed by atoms with Crippen molar-refractivity contribution in [2.45, 2.75) is 13.0 Å². The molecule has 6 heteroatoms. The van der Waals surface area contributed by atoms with E-state index in [0.29, 0.717) is 5.88 Å². The molecule has 0 radical (unpaired) electrons. The van der Waals surface area contributed by atoms with Crippen LogP contribution in [0.4, 0.5) is 0 Å². The topological polar surface area (TPSA) is 64.9 Å². The van der Waals surface area contributed by atoms with Crippen LogP contribution in [0.2, 0.25) is 0 Å². The maximum absolute atomic E-state index is 5.12. The average Bonchev–Trinajstić information content (AvgIpc) is 2.82. The Morgan fingerprint density at radius 2 is 2.28 bits per heavy atom. The van der Waals surface area contributed by atoms with E-state index in [1.54, 1.807) is 11.8 Å². The van der Waals surface area contributed by atoms with E-state index in [0.717, 1.165) is 17.8 Å². The van der Waals surface area contributed by atoms with Crippen LogP contribution < -0.4 is 10.1 Å². The highest BCUT2D eigenvalue weighted by atomic mass is 16.5. The number of aromatic nitrogens is 4. The fourth-order valence-electron chi connectivity index (χ4n) is 1.81. The number of hydrogen-bond donors (Lipinski definition) is 1. The molecule has 2 aromatic heterocycles. The normalized spacial score (nSPS) is 12.4. The van der Waals surface area contributed by atoms with Gasteiger partial charge in [0.05, 0.1) is 25.0 Å². The van der Waals surface area contributed by atoms with Gasteiger partial charge < -0.3 is 10.1 Å². The van der Waals surface area contributed by atoms with Gasteiger partial charge in [-0.15, -0.1) is 0 Å². The smallest absolute Gasteiger partial charge is 0.216 e. The predicted molar refractivity (Wildman–Crippen MR) is 67.3 cm³/mol. The number of methoxy groups -OCH3 is 1. The fraction of sp³-hybridized carbons (Fsp3) is 0.417. The summed E-state index contributed by atoms with van der Waals surface area (Å²) >= 11 is 0. The second-order valence-electron chi connectivity index (χ2n) is 3.92. The summed E-state index contributed by atoms with van der Waals surface area (Å²) in [5.74, 6) is 0.562. The Labute approximate surface area is 106 Å². The number of hydrogen-bond acceptors (Lipinski definition) is 5. The second-order valence-corrected chi connectivity index (χ2v) is 3.92. The van der Waals surface area contributed by atoms with Crippen LogP contribution in [-0.2, 0) is 7.05 Å². The molecule has 2 heterocycles. The lowest BCUT2D eigenvalue weighted by Crippen LogP contribution is -2.22. The van der Waals surface area contributed by atoms with Crippen molar-refractivity contribution in [1.29, 1.82) is 0 Å². The Kier molecular flexibility index (Phi) is 3.88. The molecule has 0 aliphatic heterocycles. The Hall–Kier alpha value is -1.95. The zero-order valence-corrected chi connectivity index (χ0v) is 10.8. The van der Waals surface area contributed by atoms with Crippen molar-refractivity contribution in [3.8, 4) is 5.88 Å². The molecule has 0 aromatic carbocycles. The summed E-state index contributed by atoms with van der Waals surface area (Å²) in [5, 5.41) is 7.57. The van der Waals surface area contributed by atoms with Crippen LogP contribution in [0.1, 0.15) is 24.2 Å². The summed E-state index contributed by atoms with van der Waals surface area (Å²) in [5.41, 5.74) is 1.94. The largest absolute Gasteiger partial charge is 0.481 e. The third-order valence-corrected chi connectivity index (χ3v) is 2.63. The molecule has 1 atom stereocenters. The molecule has 0 aliphatic carbocycles. The first-order valence-electron chi connectivity index (χ1n) is 5.82. The van der Waals surface area contributed by atoms with Crippen LogP contribution in [0, 0.1) is 0 Å². The molecule has 1 unspecified atom stereocenters. The van der Waals surface area contributed by atoms with Crippen LogP contribution >= 0.6 is 0 Å². The Morgan fingerprint density at radius 3 is 2.89 bits per heavy atom. The van der Waals surface area contributed by atoms with E-state index in [4.69, 9.17) is 4.74 Å². The summed E-state index contributed by atoms with van der Waals surface area (Å²) in [6.45, 7) is 2.90. The Balaban J connectivity index is 2.34. The first-order valence-corrected chi connectivity index (χ1v) is 5.82. The van der Waals surface area contributed by atoms with Crippen molar-refractivity contribution in [2.75, 3.05) is 13.7 Å². The first-order chi connectivity index (χ1) is 8.74. The molecule has 0 fully saturated rings. The standard InChI is InChI=1S/C12H17N5O/c1-4-13-12(9-6-16-17(2)7-9)10-5-11(18-3)15-8-14-10/h5-8,12-13H,4H2,1-3H3. The van der Waals surface area contributed by atoms with Crippen molar-refractivity contribution in [1.82, 2.24) is 25.1 Å². The van der Waals surface area contributed by atoms with Gasteiger partial charge in [0.2, 0.25) is 5.88 Å². The fourth-order valence-corrected chi connectivity index (χ4v) is 1.81. The molecule has 18 heavy (non-hydrogen) atoms. The van der Waals surface area contributed by atoms with E-state index in [1.165, 1.54) is 6.33 Å². The highest BCUT2D eigenvalue weighted by Gasteiger charge is 2.16. The molecular formula is C12H17N5O. The van der Waals surface area contributed by atoms with Crippen molar-refractivity contribution in [3.05, 3.63) is 36.0 Å². The molecule has 0 saturated heterocycles. The predicted octanol–water partition coefficient (Wildman–Crippen LogP) is 0.918. The van der Waals surface area contributed by atoms with Gasteiger partial charge in [0, 0.05) is 24.9 Å². The SMILES string of the molecule is CCNC(c1cnn(C)c1)c1cc(OC)ncn1. The molecular weight excluding hydrogens is 230 g/mol. The van der Waals surface area contributed by atoms with Crippen molar-refractivity contribution < 1.29 is 4.74 Å². The third kappa shape index (κ3) is 2.65. The molecule has 0 bridgehead atoms. The molecule has 6 nitrogen and oxygen atoms in total. The summed E-state index contributed by atoms with van der Waals surface area (Å²) in [6.07, 6.45) is 5.32. The number of rotatable bonds is 5. The van der Waals surface area contributed by atoms with E-state index >= 15 is 0 Å². The van der Waals surface area contributed by atoms with E-state index in [-0.39, 0.29) is 6.04 Å². The van der Waals surface area contributed by atoms with Gasteiger partial charge in [0.15, 0.2) is 0 Å². The van der Waals surface area contributed by atoms with Crippen LogP contribution in [0.25, 0.3) is 0 Å². The number of nitrogens with one attached hydrogen (secondary N) is 1. The van der Waals surface area contributed by atoms with Crippen molar-refractivity contribution in [2.24, 2.45) is 7.05 Å². The molecule has 2 rings (SSSR count). The summed E-state index contributed by atoms with van der Waals surface area (Å²) in [6, 6.07) is 1.83. The number of aryl methyl sites for hydroxylation is 1. The van der Waals surface area contributed by atoms with E-state index < -0.39 is 0 Å². The van der Waals surface area contributed by atoms with E-state index in [1.807, 2.05) is 25.5 Å². The molecule has 0 saturated carbocycles. The maximum atomic E-state index is 5.12. The monoisotopic (exact) mass is 247 g/mol. The molecule has 1 N–H and O–H groups in total. The Morgan fingerprint density at radius 1 is 1.44 bits per heavy atom. The highest BCUT2D eigenvalue weighted by molar-refractivity contribution is 5.26. The van der Waals surface area contributed by atoms with Gasteiger partial charge in [-0.3, -0.25) is 4.68 Å². The first kappa shape index (κ1) is 12.5. The molecule has 0 spiro atoms. The van der Waals surface area contributed by atoms with Crippen LogP contribution in [-0.4, -0.2) is 33.4 Å². The number of nitrogens with zero attached hydrogens (tertiary/aromatic N) is 4. The van der Waals surface area contributed by atoms with Crippen LogP contribution in [0.5, 0.6) is 5.88 Å². The molecule has 2 aromatic rings. The molecule has 0 amide bonds. The lowest BCUT2D eigenvalue weighted by molar-refractivity contribution is 0.395. The van der Waals surface area contributed by atoms with Crippen molar-refractivity contribution in [3.63, 3.8) is 0 Å². The van der Waals surface area contributed by atoms with Crippen molar-refractivity contribution >= 4 is 0 Å². The minimum atomic E-state index is 0.000556. The summed E-state index contributed by atoms with van der Waals surface area (Å²) in [4.78, 5) is 8.32. The quantitative estimate of drug-likeness (QED) is 0.851. The van der Waals surface area contributed by atoms with Gasteiger partial charge in [-0.2, -0.15) is 5.10 Å². The zero-order valence-electron chi connectivity index (χ0n) is 10.8. The third-order valence-electron chi connectivity index (χ3n) is 2.63.